The summed E-state index contributed by atoms with van der Waals surface area (Å²) in [6, 6.07) is 7.16. The number of imidazole rings is 1. The minimum Gasteiger partial charge on any atom is -0.477 e. The van der Waals surface area contributed by atoms with E-state index in [0.717, 1.165) is 17.1 Å². The van der Waals surface area contributed by atoms with Gasteiger partial charge < -0.3 is 14.0 Å². The molecule has 0 bridgehead atoms. The summed E-state index contributed by atoms with van der Waals surface area (Å²) in [6.07, 6.45) is 1.21. The van der Waals surface area contributed by atoms with Crippen LogP contribution in [0.4, 0.5) is 13.2 Å². The Morgan fingerprint density at radius 2 is 1.56 bits per heavy atom. The molecule has 0 atom stereocenters. The van der Waals surface area contributed by atoms with Crippen molar-refractivity contribution in [2.24, 2.45) is 0 Å². The van der Waals surface area contributed by atoms with Crippen LogP contribution in [0.2, 0.25) is 0 Å². The van der Waals surface area contributed by atoms with Crippen LogP contribution in [-0.2, 0) is 19.3 Å². The van der Waals surface area contributed by atoms with Crippen LogP contribution >= 0.6 is 0 Å². The van der Waals surface area contributed by atoms with Crippen LogP contribution in [0.3, 0.4) is 0 Å². The number of hydrogen-bond donors (Lipinski definition) is 0. The maximum atomic E-state index is 13.2. The molecular weight excluding hydrogens is 513 g/mol. The van der Waals surface area contributed by atoms with E-state index in [1.54, 1.807) is 36.1 Å². The molecule has 1 aromatic carbocycles. The van der Waals surface area contributed by atoms with E-state index in [1.807, 2.05) is 26.0 Å². The van der Waals surface area contributed by atoms with Crippen molar-refractivity contribution in [2.45, 2.75) is 40.0 Å². The van der Waals surface area contributed by atoms with E-state index < -0.39 is 11.9 Å². The third kappa shape index (κ3) is 5.24. The summed E-state index contributed by atoms with van der Waals surface area (Å²) < 4.78 is 54.1. The predicted molar refractivity (Wildman–Crippen MR) is 136 cm³/mol. The van der Waals surface area contributed by atoms with Crippen LogP contribution in [0.25, 0.3) is 33.8 Å². The van der Waals surface area contributed by atoms with E-state index in [2.05, 4.69) is 25.0 Å². The molecule has 10 nitrogen and oxygen atoms in total. The van der Waals surface area contributed by atoms with E-state index in [-0.39, 0.29) is 5.82 Å². The monoisotopic (exact) mass is 538 g/mol. The molecule has 4 aromatic heterocycles. The maximum Gasteiger partial charge on any atom is 0.434 e. The highest BCUT2D eigenvalue weighted by Gasteiger charge is 2.34. The number of ether oxygens (including phenoxy) is 2. The van der Waals surface area contributed by atoms with Gasteiger partial charge in [-0.3, -0.25) is 0 Å². The number of halogens is 3. The second-order valence-electron chi connectivity index (χ2n) is 8.43. The minimum atomic E-state index is -4.50. The van der Waals surface area contributed by atoms with Crippen LogP contribution in [0, 0.1) is 0 Å². The summed E-state index contributed by atoms with van der Waals surface area (Å²) in [5, 5.41) is 5.19. The van der Waals surface area contributed by atoms with Gasteiger partial charge >= 0.3 is 6.18 Å². The Kier molecular flexibility index (Phi) is 7.13. The quantitative estimate of drug-likeness (QED) is 0.257. The molecule has 13 heteroatoms. The van der Waals surface area contributed by atoms with Crippen molar-refractivity contribution in [1.29, 1.82) is 0 Å². The zero-order valence-corrected chi connectivity index (χ0v) is 21.5. The molecule has 0 saturated carbocycles. The van der Waals surface area contributed by atoms with Crippen molar-refractivity contribution in [3.8, 4) is 34.5 Å². The lowest BCUT2D eigenvalue weighted by Crippen LogP contribution is -2.06. The largest absolute Gasteiger partial charge is 0.477 e. The van der Waals surface area contributed by atoms with E-state index in [0.29, 0.717) is 60.7 Å². The van der Waals surface area contributed by atoms with E-state index in [1.165, 1.54) is 10.9 Å². The van der Waals surface area contributed by atoms with Gasteiger partial charge in [0, 0.05) is 24.5 Å². The fourth-order valence-corrected chi connectivity index (χ4v) is 4.10. The molecule has 0 radical (unpaired) electrons. The number of nitrogens with zero attached hydrogens (tertiary/aromatic N) is 8. The van der Waals surface area contributed by atoms with Gasteiger partial charge in [-0.25, -0.2) is 29.6 Å². The number of aromatic nitrogens is 8. The topological polar surface area (TPSA) is 106 Å². The van der Waals surface area contributed by atoms with Crippen molar-refractivity contribution < 1.29 is 22.6 Å². The van der Waals surface area contributed by atoms with Crippen molar-refractivity contribution in [3.63, 3.8) is 0 Å². The molecule has 0 N–H and O–H groups in total. The molecule has 0 unspecified atom stereocenters. The van der Waals surface area contributed by atoms with Crippen molar-refractivity contribution in [3.05, 3.63) is 60.4 Å². The Hall–Kier alpha value is -4.55. The number of alkyl halides is 3. The first-order valence-corrected chi connectivity index (χ1v) is 12.4. The third-order valence-corrected chi connectivity index (χ3v) is 5.89. The molecule has 5 aromatic rings. The Morgan fingerprint density at radius 1 is 0.872 bits per heavy atom. The van der Waals surface area contributed by atoms with Gasteiger partial charge in [-0.1, -0.05) is 24.3 Å². The SMILES string of the molecule is CCOc1ncnc(OCC)c1-c1ncc2cnn(Cc3ccc(-c4nc(C(F)(F)F)cn4CC)cc3)c2n1. The molecule has 0 amide bonds. The first-order chi connectivity index (χ1) is 18.8. The number of fused-ring (bicyclic) bond motifs is 1. The summed E-state index contributed by atoms with van der Waals surface area (Å²) in [5.41, 5.74) is 1.58. The van der Waals surface area contributed by atoms with Crippen molar-refractivity contribution in [1.82, 2.24) is 39.3 Å². The van der Waals surface area contributed by atoms with Gasteiger partial charge in [0.1, 0.15) is 17.7 Å². The highest BCUT2D eigenvalue weighted by Crippen LogP contribution is 2.34. The molecular formula is C26H25F3N8O2. The zero-order chi connectivity index (χ0) is 27.6. The van der Waals surface area contributed by atoms with Crippen molar-refractivity contribution >= 4 is 11.0 Å². The molecule has 5 rings (SSSR count). The Labute approximate surface area is 221 Å². The van der Waals surface area contributed by atoms with Crippen LogP contribution in [-0.4, -0.2) is 52.5 Å². The average Bonchev–Trinajstić information content (AvgIpc) is 3.54. The van der Waals surface area contributed by atoms with E-state index >= 15 is 0 Å². The normalized spacial score (nSPS) is 11.7. The lowest BCUT2D eigenvalue weighted by atomic mass is 10.1. The summed E-state index contributed by atoms with van der Waals surface area (Å²) in [4.78, 5) is 21.5. The highest BCUT2D eigenvalue weighted by molar-refractivity contribution is 5.78. The Bertz CT molecular complexity index is 1570. The molecule has 202 valence electrons. The van der Waals surface area contributed by atoms with Gasteiger partial charge in [0.25, 0.3) is 0 Å². The molecule has 0 spiro atoms. The number of benzene rings is 1. The third-order valence-electron chi connectivity index (χ3n) is 5.89. The van der Waals surface area contributed by atoms with Crippen LogP contribution < -0.4 is 9.47 Å². The van der Waals surface area contributed by atoms with Crippen LogP contribution in [0.15, 0.2) is 49.2 Å². The Balaban J connectivity index is 1.46. The minimum absolute atomic E-state index is 0.263. The fourth-order valence-electron chi connectivity index (χ4n) is 4.10. The first kappa shape index (κ1) is 26.1. The summed E-state index contributed by atoms with van der Waals surface area (Å²) in [6.45, 7) is 6.99. The second-order valence-corrected chi connectivity index (χ2v) is 8.43. The highest BCUT2D eigenvalue weighted by atomic mass is 19.4. The standard InChI is InChI=1S/C26H25F3N8O2/c1-4-36-14-19(26(27,28)29)34-22(36)17-9-7-16(8-10-17)13-37-23-18(12-33-37)11-30-21(35-23)20-24(38-5-2)31-15-32-25(20)39-6-3/h7-12,14-15H,4-6,13H2,1-3H3. The maximum absolute atomic E-state index is 13.2. The van der Waals surface area contributed by atoms with Gasteiger partial charge in [-0.15, -0.1) is 0 Å². The van der Waals surface area contributed by atoms with Crippen LogP contribution in [0.5, 0.6) is 11.8 Å². The first-order valence-electron chi connectivity index (χ1n) is 12.4. The molecule has 0 aliphatic carbocycles. The molecule has 39 heavy (non-hydrogen) atoms. The molecule has 0 saturated heterocycles. The van der Waals surface area contributed by atoms with Gasteiger partial charge in [0.2, 0.25) is 11.8 Å². The van der Waals surface area contributed by atoms with Gasteiger partial charge in [0.15, 0.2) is 17.2 Å². The van der Waals surface area contributed by atoms with E-state index in [4.69, 9.17) is 14.5 Å². The molecule has 0 fully saturated rings. The summed E-state index contributed by atoms with van der Waals surface area (Å²) >= 11 is 0. The average molecular weight is 539 g/mol. The number of hydrogen-bond acceptors (Lipinski definition) is 8. The summed E-state index contributed by atoms with van der Waals surface area (Å²) in [7, 11) is 0. The fraction of sp³-hybridized carbons (Fsp3) is 0.308. The van der Waals surface area contributed by atoms with Crippen molar-refractivity contribution in [2.75, 3.05) is 13.2 Å². The predicted octanol–water partition coefficient (Wildman–Crippen LogP) is 5.03. The lowest BCUT2D eigenvalue weighted by molar-refractivity contribution is -0.140. The second kappa shape index (κ2) is 10.7. The molecule has 0 aliphatic rings. The molecule has 0 aliphatic heterocycles. The van der Waals surface area contributed by atoms with Gasteiger partial charge in [-0.2, -0.15) is 18.3 Å². The zero-order valence-electron chi connectivity index (χ0n) is 21.5. The molecule has 4 heterocycles. The smallest absolute Gasteiger partial charge is 0.434 e. The van der Waals surface area contributed by atoms with Crippen LogP contribution in [0.1, 0.15) is 32.0 Å². The lowest BCUT2D eigenvalue weighted by Gasteiger charge is -2.12. The number of rotatable bonds is 9. The van der Waals surface area contributed by atoms with Gasteiger partial charge in [-0.05, 0) is 26.3 Å². The Morgan fingerprint density at radius 3 is 2.18 bits per heavy atom. The summed E-state index contributed by atoms with van der Waals surface area (Å²) in [5.74, 6) is 1.23. The van der Waals surface area contributed by atoms with E-state index in [9.17, 15) is 13.2 Å². The number of aryl methyl sites for hydroxylation is 1. The van der Waals surface area contributed by atoms with Gasteiger partial charge in [0.05, 0.1) is 31.3 Å².